The van der Waals surface area contributed by atoms with E-state index in [1.54, 1.807) is 0 Å². The molecule has 0 aromatic rings. The molecule has 21 heavy (non-hydrogen) atoms. The van der Waals surface area contributed by atoms with Gasteiger partial charge in [0, 0.05) is 12.3 Å². The molecule has 0 aromatic heterocycles. The number of carbonyl (C=O) groups is 3. The smallest absolute Gasteiger partial charge is 0.328 e. The van der Waals surface area contributed by atoms with Crippen molar-refractivity contribution >= 4 is 30.4 Å². The van der Waals surface area contributed by atoms with Crippen LogP contribution in [0.2, 0.25) is 0 Å². The van der Waals surface area contributed by atoms with Crippen LogP contribution in [0.15, 0.2) is 0 Å². The molecule has 0 bridgehead atoms. The molecular weight excluding hydrogens is 298 g/mol. The average molecular weight is 319 g/mol. The number of hydrogen-bond acceptors (Lipinski definition) is 6. The molecule has 1 saturated heterocycles. The predicted octanol–water partition coefficient (Wildman–Crippen LogP) is -1.82. The predicted molar refractivity (Wildman–Crippen MR) is 77.8 cm³/mol. The lowest BCUT2D eigenvalue weighted by Gasteiger charge is -2.27. The molecule has 5 N–H and O–H groups in total. The number of carboxylic acid groups (broad SMARTS) is 1. The van der Waals surface area contributed by atoms with Crippen molar-refractivity contribution in [1.29, 1.82) is 0 Å². The summed E-state index contributed by atoms with van der Waals surface area (Å²) in [4.78, 5) is 36.5. The highest BCUT2D eigenvalue weighted by Gasteiger charge is 2.37. The summed E-state index contributed by atoms with van der Waals surface area (Å²) in [6.45, 7) is 1.66. The van der Waals surface area contributed by atoms with Gasteiger partial charge in [0.2, 0.25) is 11.8 Å². The van der Waals surface area contributed by atoms with Gasteiger partial charge in [-0.2, -0.15) is 12.6 Å². The molecule has 120 valence electrons. The maximum absolute atomic E-state index is 12.2. The lowest BCUT2D eigenvalue weighted by molar-refractivity contribution is -0.146. The molecule has 0 spiro atoms. The number of thiol groups is 1. The summed E-state index contributed by atoms with van der Waals surface area (Å²) in [6.07, 6.45) is -0.171. The number of aliphatic hydroxyl groups is 1. The van der Waals surface area contributed by atoms with Crippen LogP contribution in [0.5, 0.6) is 0 Å². The Morgan fingerprint density at radius 3 is 2.57 bits per heavy atom. The second-order valence-corrected chi connectivity index (χ2v) is 5.41. The zero-order chi connectivity index (χ0) is 16.2. The fourth-order valence-corrected chi connectivity index (χ4v) is 2.39. The molecular formula is C12H21N3O5S. The lowest BCUT2D eigenvalue weighted by atomic mass is 10.1. The van der Waals surface area contributed by atoms with E-state index in [1.807, 2.05) is 0 Å². The molecule has 1 fully saturated rings. The van der Waals surface area contributed by atoms with E-state index in [0.29, 0.717) is 19.4 Å². The number of aliphatic carboxylic acids is 1. The van der Waals surface area contributed by atoms with Crippen LogP contribution >= 0.6 is 12.6 Å². The molecule has 2 amide bonds. The van der Waals surface area contributed by atoms with E-state index in [-0.39, 0.29) is 11.7 Å². The topological polar surface area (TPSA) is 133 Å². The second-order valence-electron chi connectivity index (χ2n) is 5.04. The Morgan fingerprint density at radius 2 is 2.10 bits per heavy atom. The SMILES string of the molecule is C[C@@H](O)[C@H](NC(=O)[C@@H]1CCCN1C(=O)[C@@H](N)CS)C(=O)O. The fourth-order valence-electron chi connectivity index (χ4n) is 2.23. The number of nitrogens with zero attached hydrogens (tertiary/aromatic N) is 1. The van der Waals surface area contributed by atoms with Crippen molar-refractivity contribution in [2.75, 3.05) is 12.3 Å². The first kappa shape index (κ1) is 17.7. The third-order valence-corrected chi connectivity index (χ3v) is 3.79. The van der Waals surface area contributed by atoms with Gasteiger partial charge in [-0.15, -0.1) is 0 Å². The Hall–Kier alpha value is -1.32. The highest BCUT2D eigenvalue weighted by atomic mass is 32.1. The van der Waals surface area contributed by atoms with Crippen molar-refractivity contribution in [3.8, 4) is 0 Å². The van der Waals surface area contributed by atoms with Gasteiger partial charge < -0.3 is 26.2 Å². The van der Waals surface area contributed by atoms with E-state index in [0.717, 1.165) is 0 Å². The van der Waals surface area contributed by atoms with Crippen LogP contribution in [0.4, 0.5) is 0 Å². The molecule has 1 heterocycles. The number of carbonyl (C=O) groups excluding carboxylic acids is 2. The minimum atomic E-state index is -1.41. The van der Waals surface area contributed by atoms with E-state index >= 15 is 0 Å². The third kappa shape index (κ3) is 4.32. The minimum absolute atomic E-state index is 0.162. The summed E-state index contributed by atoms with van der Waals surface area (Å²) in [5.41, 5.74) is 5.62. The third-order valence-electron chi connectivity index (χ3n) is 3.40. The molecule has 0 aromatic carbocycles. The molecule has 0 unspecified atom stereocenters. The highest BCUT2D eigenvalue weighted by Crippen LogP contribution is 2.18. The number of amides is 2. The van der Waals surface area contributed by atoms with Crippen LogP contribution in [0.1, 0.15) is 19.8 Å². The van der Waals surface area contributed by atoms with E-state index in [4.69, 9.17) is 10.8 Å². The van der Waals surface area contributed by atoms with Gasteiger partial charge in [0.1, 0.15) is 6.04 Å². The standard InChI is InChI=1S/C12H21N3O5S/c1-6(16)9(12(19)20)14-10(17)8-3-2-4-15(8)11(18)7(13)5-21/h6-9,16,21H,2-5,13H2,1H3,(H,14,17)(H,19,20)/t6-,7+,8+,9+/m1/s1. The Kier molecular flexibility index (Phi) is 6.43. The Morgan fingerprint density at radius 1 is 1.48 bits per heavy atom. The Balaban J connectivity index is 2.76. The van der Waals surface area contributed by atoms with Gasteiger partial charge in [-0.3, -0.25) is 9.59 Å². The second kappa shape index (κ2) is 7.62. The molecule has 0 saturated carbocycles. The molecule has 1 aliphatic rings. The van der Waals surface area contributed by atoms with Crippen molar-refractivity contribution in [2.45, 2.75) is 44.0 Å². The molecule has 8 nitrogen and oxygen atoms in total. The monoisotopic (exact) mass is 319 g/mol. The maximum Gasteiger partial charge on any atom is 0.328 e. The van der Waals surface area contributed by atoms with Crippen LogP contribution in [0.25, 0.3) is 0 Å². The van der Waals surface area contributed by atoms with Gasteiger partial charge in [0.15, 0.2) is 6.04 Å². The summed E-state index contributed by atoms with van der Waals surface area (Å²) in [7, 11) is 0. The molecule has 1 rings (SSSR count). The van der Waals surface area contributed by atoms with Gasteiger partial charge >= 0.3 is 5.97 Å². The van der Waals surface area contributed by atoms with Crippen LogP contribution in [-0.2, 0) is 14.4 Å². The minimum Gasteiger partial charge on any atom is -0.480 e. The molecule has 0 aliphatic carbocycles. The normalized spacial score (nSPS) is 22.5. The molecule has 0 radical (unpaired) electrons. The van der Waals surface area contributed by atoms with Gasteiger partial charge in [-0.1, -0.05) is 0 Å². The number of nitrogens with two attached hydrogens (primary N) is 1. The van der Waals surface area contributed by atoms with Crippen LogP contribution in [-0.4, -0.2) is 69.4 Å². The summed E-state index contributed by atoms with van der Waals surface area (Å²) in [5, 5.41) is 20.6. The van der Waals surface area contributed by atoms with E-state index < -0.39 is 36.1 Å². The number of aliphatic hydroxyl groups excluding tert-OH is 1. The summed E-state index contributed by atoms with van der Waals surface area (Å²) >= 11 is 3.95. The Labute approximate surface area is 128 Å². The largest absolute Gasteiger partial charge is 0.480 e. The molecule has 9 heteroatoms. The highest BCUT2D eigenvalue weighted by molar-refractivity contribution is 7.80. The summed E-state index contributed by atoms with van der Waals surface area (Å²) in [6, 6.07) is -2.97. The van der Waals surface area contributed by atoms with Gasteiger partial charge in [-0.25, -0.2) is 4.79 Å². The fraction of sp³-hybridized carbons (Fsp3) is 0.750. The number of hydrogen-bond donors (Lipinski definition) is 5. The van der Waals surface area contributed by atoms with Crippen molar-refractivity contribution in [3.05, 3.63) is 0 Å². The molecule has 1 aliphatic heterocycles. The van der Waals surface area contributed by atoms with Gasteiger partial charge in [0.25, 0.3) is 0 Å². The average Bonchev–Trinajstić information content (AvgIpc) is 2.91. The number of likely N-dealkylation sites (tertiary alicyclic amines) is 1. The van der Waals surface area contributed by atoms with Crippen molar-refractivity contribution < 1.29 is 24.6 Å². The first-order valence-electron chi connectivity index (χ1n) is 6.67. The summed E-state index contributed by atoms with van der Waals surface area (Å²) in [5.74, 6) is -2.15. The first-order chi connectivity index (χ1) is 9.79. The molecule has 4 atom stereocenters. The first-order valence-corrected chi connectivity index (χ1v) is 7.31. The number of nitrogens with one attached hydrogen (secondary N) is 1. The summed E-state index contributed by atoms with van der Waals surface area (Å²) < 4.78 is 0. The van der Waals surface area contributed by atoms with E-state index in [9.17, 15) is 19.5 Å². The zero-order valence-electron chi connectivity index (χ0n) is 11.7. The lowest BCUT2D eigenvalue weighted by Crippen LogP contribution is -2.56. The van der Waals surface area contributed by atoms with Crippen LogP contribution < -0.4 is 11.1 Å². The van der Waals surface area contributed by atoms with Crippen LogP contribution in [0.3, 0.4) is 0 Å². The quantitative estimate of drug-likeness (QED) is 0.366. The maximum atomic E-state index is 12.2. The zero-order valence-corrected chi connectivity index (χ0v) is 12.6. The van der Waals surface area contributed by atoms with E-state index in [2.05, 4.69) is 17.9 Å². The van der Waals surface area contributed by atoms with Crippen molar-refractivity contribution in [1.82, 2.24) is 10.2 Å². The van der Waals surface area contributed by atoms with Crippen LogP contribution in [0, 0.1) is 0 Å². The van der Waals surface area contributed by atoms with Crippen molar-refractivity contribution in [3.63, 3.8) is 0 Å². The Bertz CT molecular complexity index is 418. The van der Waals surface area contributed by atoms with Crippen molar-refractivity contribution in [2.24, 2.45) is 5.73 Å². The number of rotatable bonds is 6. The number of carboxylic acids is 1. The van der Waals surface area contributed by atoms with E-state index in [1.165, 1.54) is 11.8 Å². The van der Waals surface area contributed by atoms with Gasteiger partial charge in [-0.05, 0) is 19.8 Å². The van der Waals surface area contributed by atoms with Gasteiger partial charge in [0.05, 0.1) is 12.1 Å².